The van der Waals surface area contributed by atoms with E-state index in [-0.39, 0.29) is 11.7 Å². The number of benzene rings is 2. The number of ketones is 1. The molecule has 2 aromatic rings. The fourth-order valence-electron chi connectivity index (χ4n) is 2.22. The van der Waals surface area contributed by atoms with Crippen LogP contribution in [-0.4, -0.2) is 11.7 Å². The summed E-state index contributed by atoms with van der Waals surface area (Å²) < 4.78 is 0.756. The lowest BCUT2D eigenvalue weighted by Gasteiger charge is -2.05. The second-order valence-corrected chi connectivity index (χ2v) is 5.94. The minimum Gasteiger partial charge on any atom is -0.326 e. The Morgan fingerprint density at radius 3 is 2.70 bits per heavy atom. The van der Waals surface area contributed by atoms with Gasteiger partial charge in [-0.2, -0.15) is 0 Å². The normalized spacial score (nSPS) is 13.0. The summed E-state index contributed by atoms with van der Waals surface area (Å²) in [6, 6.07) is 10.3. The molecule has 5 heteroatoms. The molecule has 0 aromatic heterocycles. The predicted octanol–water partition coefficient (Wildman–Crippen LogP) is 3.83. The van der Waals surface area contributed by atoms with Gasteiger partial charge in [-0.05, 0) is 42.0 Å². The van der Waals surface area contributed by atoms with Crippen molar-refractivity contribution in [1.29, 1.82) is 0 Å². The van der Waals surface area contributed by atoms with Crippen LogP contribution in [0.3, 0.4) is 0 Å². The Kier molecular flexibility index (Phi) is 3.36. The van der Waals surface area contributed by atoms with Gasteiger partial charge in [0, 0.05) is 26.3 Å². The standard InChI is InChI=1S/C15H9BrClNO2/c16-11-4-10(5-12(17)7-11)15(20)8-1-2-13-9(3-8)6-14(19)18-13/h1-5,7H,6H2,(H,18,19). The number of amides is 1. The summed E-state index contributed by atoms with van der Waals surface area (Å²) in [7, 11) is 0. The average Bonchev–Trinajstić information content (AvgIpc) is 2.75. The van der Waals surface area contributed by atoms with Crippen molar-refractivity contribution in [2.75, 3.05) is 5.32 Å². The molecule has 0 fully saturated rings. The molecular weight excluding hydrogens is 342 g/mol. The van der Waals surface area contributed by atoms with E-state index in [4.69, 9.17) is 11.6 Å². The summed E-state index contributed by atoms with van der Waals surface area (Å²) in [6.45, 7) is 0. The number of fused-ring (bicyclic) bond motifs is 1. The fraction of sp³-hybridized carbons (Fsp3) is 0.0667. The summed E-state index contributed by atoms with van der Waals surface area (Å²) >= 11 is 9.28. The van der Waals surface area contributed by atoms with Crippen LogP contribution < -0.4 is 5.32 Å². The SMILES string of the molecule is O=C1Cc2cc(C(=O)c3cc(Cl)cc(Br)c3)ccc2N1. The lowest BCUT2D eigenvalue weighted by molar-refractivity contribution is -0.115. The maximum absolute atomic E-state index is 12.4. The van der Waals surface area contributed by atoms with E-state index in [1.807, 2.05) is 0 Å². The summed E-state index contributed by atoms with van der Waals surface area (Å²) in [5.74, 6) is -0.162. The molecule has 1 aliphatic heterocycles. The highest BCUT2D eigenvalue weighted by molar-refractivity contribution is 9.10. The number of hydrogen-bond acceptors (Lipinski definition) is 2. The van der Waals surface area contributed by atoms with Crippen molar-refractivity contribution < 1.29 is 9.59 Å². The van der Waals surface area contributed by atoms with E-state index in [0.717, 1.165) is 15.7 Å². The van der Waals surface area contributed by atoms with Crippen LogP contribution in [0, 0.1) is 0 Å². The van der Waals surface area contributed by atoms with Crippen LogP contribution in [0.1, 0.15) is 21.5 Å². The third-order valence-corrected chi connectivity index (χ3v) is 3.79. The largest absolute Gasteiger partial charge is 0.326 e. The molecule has 3 nitrogen and oxygen atoms in total. The van der Waals surface area contributed by atoms with Crippen LogP contribution in [0.4, 0.5) is 5.69 Å². The Bertz CT molecular complexity index is 722. The van der Waals surface area contributed by atoms with Crippen LogP contribution in [0.25, 0.3) is 0 Å². The molecule has 3 rings (SSSR count). The van der Waals surface area contributed by atoms with Crippen molar-refractivity contribution in [3.05, 3.63) is 62.6 Å². The van der Waals surface area contributed by atoms with Gasteiger partial charge in [-0.3, -0.25) is 9.59 Å². The molecule has 0 aliphatic carbocycles. The third kappa shape index (κ3) is 2.49. The van der Waals surface area contributed by atoms with Gasteiger partial charge in [-0.25, -0.2) is 0 Å². The minimum atomic E-state index is -0.115. The molecule has 0 saturated carbocycles. The highest BCUT2D eigenvalue weighted by atomic mass is 79.9. The smallest absolute Gasteiger partial charge is 0.228 e. The number of carbonyl (C=O) groups is 2. The molecule has 0 radical (unpaired) electrons. The zero-order valence-electron chi connectivity index (χ0n) is 10.2. The van der Waals surface area contributed by atoms with Gasteiger partial charge >= 0.3 is 0 Å². The molecule has 1 N–H and O–H groups in total. The van der Waals surface area contributed by atoms with E-state index in [1.165, 1.54) is 0 Å². The van der Waals surface area contributed by atoms with E-state index in [0.29, 0.717) is 22.6 Å². The van der Waals surface area contributed by atoms with Gasteiger partial charge in [-0.1, -0.05) is 27.5 Å². The van der Waals surface area contributed by atoms with Gasteiger partial charge in [0.05, 0.1) is 6.42 Å². The van der Waals surface area contributed by atoms with Crippen molar-refractivity contribution in [2.45, 2.75) is 6.42 Å². The third-order valence-electron chi connectivity index (χ3n) is 3.12. The summed E-state index contributed by atoms with van der Waals surface area (Å²) in [6.07, 6.45) is 0.315. The van der Waals surface area contributed by atoms with E-state index >= 15 is 0 Å². The number of rotatable bonds is 2. The number of nitrogens with one attached hydrogen (secondary N) is 1. The van der Waals surface area contributed by atoms with Gasteiger partial charge < -0.3 is 5.32 Å². The predicted molar refractivity (Wildman–Crippen MR) is 81.4 cm³/mol. The number of halogens is 2. The highest BCUT2D eigenvalue weighted by Crippen LogP contribution is 2.26. The van der Waals surface area contributed by atoms with Gasteiger partial charge in [0.2, 0.25) is 5.91 Å². The number of carbonyl (C=O) groups excluding carboxylic acids is 2. The first kappa shape index (κ1) is 13.3. The quantitative estimate of drug-likeness (QED) is 0.837. The van der Waals surface area contributed by atoms with Crippen molar-refractivity contribution in [3.63, 3.8) is 0 Å². The monoisotopic (exact) mass is 349 g/mol. The lowest BCUT2D eigenvalue weighted by atomic mass is 10.0. The fourth-order valence-corrected chi connectivity index (χ4v) is 3.08. The molecule has 20 heavy (non-hydrogen) atoms. The first-order chi connectivity index (χ1) is 9.52. The van der Waals surface area contributed by atoms with Crippen molar-refractivity contribution in [3.8, 4) is 0 Å². The van der Waals surface area contributed by atoms with Gasteiger partial charge in [0.1, 0.15) is 0 Å². The van der Waals surface area contributed by atoms with E-state index < -0.39 is 0 Å². The van der Waals surface area contributed by atoms with Crippen molar-refractivity contribution in [1.82, 2.24) is 0 Å². The summed E-state index contributed by atoms with van der Waals surface area (Å²) in [4.78, 5) is 23.8. The average molecular weight is 351 g/mol. The van der Waals surface area contributed by atoms with Gasteiger partial charge in [-0.15, -0.1) is 0 Å². The van der Waals surface area contributed by atoms with Crippen LogP contribution >= 0.6 is 27.5 Å². The first-order valence-electron chi connectivity index (χ1n) is 5.96. The molecule has 1 aliphatic rings. The molecular formula is C15H9BrClNO2. The number of hydrogen-bond donors (Lipinski definition) is 1. The molecule has 100 valence electrons. The van der Waals surface area contributed by atoms with Gasteiger partial charge in [0.15, 0.2) is 5.78 Å². The van der Waals surface area contributed by atoms with Crippen LogP contribution in [0.2, 0.25) is 5.02 Å². The minimum absolute atomic E-state index is 0.0462. The molecule has 0 atom stereocenters. The maximum atomic E-state index is 12.4. The van der Waals surface area contributed by atoms with E-state index in [2.05, 4.69) is 21.2 Å². The highest BCUT2D eigenvalue weighted by Gasteiger charge is 2.19. The van der Waals surface area contributed by atoms with Crippen molar-refractivity contribution in [2.24, 2.45) is 0 Å². The first-order valence-corrected chi connectivity index (χ1v) is 7.13. The zero-order chi connectivity index (χ0) is 14.3. The van der Waals surface area contributed by atoms with Gasteiger partial charge in [0.25, 0.3) is 0 Å². The molecule has 0 bridgehead atoms. The lowest BCUT2D eigenvalue weighted by Crippen LogP contribution is -2.03. The topological polar surface area (TPSA) is 46.2 Å². The molecule has 0 saturated heterocycles. The maximum Gasteiger partial charge on any atom is 0.228 e. The second-order valence-electron chi connectivity index (χ2n) is 4.58. The summed E-state index contributed by atoms with van der Waals surface area (Å²) in [5.41, 5.74) is 2.69. The van der Waals surface area contributed by atoms with E-state index in [1.54, 1.807) is 36.4 Å². The Balaban J connectivity index is 1.99. The Labute approximate surface area is 129 Å². The number of anilines is 1. The molecule has 1 amide bonds. The van der Waals surface area contributed by atoms with E-state index in [9.17, 15) is 9.59 Å². The molecule has 0 spiro atoms. The Hall–Kier alpha value is -1.65. The Morgan fingerprint density at radius 1 is 1.15 bits per heavy atom. The van der Waals surface area contributed by atoms with Crippen molar-refractivity contribution >= 4 is 44.9 Å². The second kappa shape index (κ2) is 5.04. The van der Waals surface area contributed by atoms with Crippen LogP contribution in [-0.2, 0) is 11.2 Å². The molecule has 1 heterocycles. The van der Waals surface area contributed by atoms with Crippen LogP contribution in [0.5, 0.6) is 0 Å². The molecule has 2 aromatic carbocycles. The summed E-state index contributed by atoms with van der Waals surface area (Å²) in [5, 5.41) is 3.24. The zero-order valence-corrected chi connectivity index (χ0v) is 12.6. The molecule has 0 unspecified atom stereocenters. The Morgan fingerprint density at radius 2 is 1.95 bits per heavy atom. The van der Waals surface area contributed by atoms with Crippen LogP contribution in [0.15, 0.2) is 40.9 Å².